The van der Waals surface area contributed by atoms with Crippen LogP contribution in [0.2, 0.25) is 0 Å². The van der Waals surface area contributed by atoms with Gasteiger partial charge < -0.3 is 15.4 Å². The van der Waals surface area contributed by atoms with E-state index >= 15 is 0 Å². The van der Waals surface area contributed by atoms with Crippen molar-refractivity contribution in [2.24, 2.45) is 11.8 Å². The number of rotatable bonds is 2. The van der Waals surface area contributed by atoms with E-state index in [-0.39, 0.29) is 5.91 Å². The first-order valence-corrected chi connectivity index (χ1v) is 6.92. The Bertz CT molecular complexity index is 489. The van der Waals surface area contributed by atoms with Crippen LogP contribution in [0.15, 0.2) is 18.2 Å². The van der Waals surface area contributed by atoms with Crippen molar-refractivity contribution in [1.82, 2.24) is 4.90 Å². The molecule has 2 N–H and O–H groups in total. The topological polar surface area (TPSA) is 55.6 Å². The third kappa shape index (κ3) is 2.15. The number of benzene rings is 1. The molecule has 1 aliphatic heterocycles. The third-order valence-electron chi connectivity index (χ3n) is 4.49. The van der Waals surface area contributed by atoms with Gasteiger partial charge in [-0.1, -0.05) is 6.42 Å². The summed E-state index contributed by atoms with van der Waals surface area (Å²) in [4.78, 5) is 14.4. The molecule has 0 radical (unpaired) electrons. The molecule has 2 aliphatic rings. The van der Waals surface area contributed by atoms with E-state index in [0.29, 0.717) is 17.0 Å². The van der Waals surface area contributed by atoms with Crippen molar-refractivity contribution in [3.05, 3.63) is 23.8 Å². The zero-order chi connectivity index (χ0) is 13.4. The van der Waals surface area contributed by atoms with Gasteiger partial charge in [0.15, 0.2) is 0 Å². The van der Waals surface area contributed by atoms with E-state index in [4.69, 9.17) is 10.5 Å². The summed E-state index contributed by atoms with van der Waals surface area (Å²) in [6, 6.07) is 5.28. The summed E-state index contributed by atoms with van der Waals surface area (Å²) in [5.74, 6) is 2.16. The highest BCUT2D eigenvalue weighted by Crippen LogP contribution is 2.38. The van der Waals surface area contributed by atoms with Crippen LogP contribution in [-0.4, -0.2) is 31.0 Å². The highest BCUT2D eigenvalue weighted by molar-refractivity contribution is 5.95. The summed E-state index contributed by atoms with van der Waals surface area (Å²) in [6.07, 6.45) is 3.88. The van der Waals surface area contributed by atoms with Crippen molar-refractivity contribution in [3.63, 3.8) is 0 Å². The number of fused-ring (bicyclic) bond motifs is 1. The van der Waals surface area contributed by atoms with E-state index in [1.165, 1.54) is 19.3 Å². The van der Waals surface area contributed by atoms with E-state index in [9.17, 15) is 4.79 Å². The molecular weight excluding hydrogens is 240 g/mol. The first kappa shape index (κ1) is 12.3. The first-order chi connectivity index (χ1) is 9.19. The van der Waals surface area contributed by atoms with Gasteiger partial charge in [-0.3, -0.25) is 4.79 Å². The van der Waals surface area contributed by atoms with E-state index < -0.39 is 0 Å². The van der Waals surface area contributed by atoms with Gasteiger partial charge in [-0.25, -0.2) is 0 Å². The van der Waals surface area contributed by atoms with Crippen LogP contribution in [0.1, 0.15) is 29.6 Å². The van der Waals surface area contributed by atoms with Gasteiger partial charge in [-0.05, 0) is 42.9 Å². The van der Waals surface area contributed by atoms with E-state index in [0.717, 1.165) is 24.9 Å². The number of methoxy groups -OCH3 is 1. The number of hydrogen-bond acceptors (Lipinski definition) is 3. The zero-order valence-electron chi connectivity index (χ0n) is 11.3. The molecule has 1 saturated carbocycles. The third-order valence-corrected chi connectivity index (χ3v) is 4.49. The minimum Gasteiger partial charge on any atom is -0.495 e. The fraction of sp³-hybridized carbons (Fsp3) is 0.533. The van der Waals surface area contributed by atoms with Crippen LogP contribution in [0.5, 0.6) is 5.75 Å². The van der Waals surface area contributed by atoms with Crippen molar-refractivity contribution in [1.29, 1.82) is 0 Å². The number of amides is 1. The maximum absolute atomic E-state index is 12.5. The fourth-order valence-electron chi connectivity index (χ4n) is 3.45. The van der Waals surface area contributed by atoms with Crippen molar-refractivity contribution in [2.75, 3.05) is 25.9 Å². The molecule has 1 aromatic carbocycles. The Hall–Kier alpha value is -1.71. The van der Waals surface area contributed by atoms with Gasteiger partial charge in [-0.15, -0.1) is 0 Å². The highest BCUT2D eigenvalue weighted by atomic mass is 16.5. The number of nitrogens with two attached hydrogens (primary N) is 1. The lowest BCUT2D eigenvalue weighted by Crippen LogP contribution is -2.29. The molecule has 2 unspecified atom stereocenters. The van der Waals surface area contributed by atoms with Gasteiger partial charge >= 0.3 is 0 Å². The average molecular weight is 260 g/mol. The molecule has 1 heterocycles. The predicted molar refractivity (Wildman–Crippen MR) is 74.1 cm³/mol. The number of hydrogen-bond donors (Lipinski definition) is 1. The molecule has 2 fully saturated rings. The number of carbonyl (C=O) groups excluding carboxylic acids is 1. The number of ether oxygens (including phenoxy) is 1. The second kappa shape index (κ2) is 4.76. The molecule has 1 aromatic rings. The average Bonchev–Trinajstić information content (AvgIpc) is 2.98. The molecule has 1 saturated heterocycles. The Labute approximate surface area is 113 Å². The van der Waals surface area contributed by atoms with Crippen molar-refractivity contribution >= 4 is 11.6 Å². The largest absolute Gasteiger partial charge is 0.495 e. The van der Waals surface area contributed by atoms with Gasteiger partial charge in [0.05, 0.1) is 12.8 Å². The molecule has 1 amide bonds. The maximum Gasteiger partial charge on any atom is 0.253 e. The van der Waals surface area contributed by atoms with Crippen molar-refractivity contribution < 1.29 is 9.53 Å². The summed E-state index contributed by atoms with van der Waals surface area (Å²) in [5.41, 5.74) is 7.05. The molecule has 0 spiro atoms. The standard InChI is InChI=1S/C15H20N2O2/c1-19-14-6-5-10(7-13(14)16)15(18)17-8-11-3-2-4-12(11)9-17/h5-7,11-12H,2-4,8-9,16H2,1H3. The fourth-order valence-corrected chi connectivity index (χ4v) is 3.45. The van der Waals surface area contributed by atoms with E-state index in [1.54, 1.807) is 25.3 Å². The number of nitrogen functional groups attached to an aromatic ring is 1. The first-order valence-electron chi connectivity index (χ1n) is 6.92. The zero-order valence-corrected chi connectivity index (χ0v) is 11.3. The molecule has 4 nitrogen and oxygen atoms in total. The van der Waals surface area contributed by atoms with E-state index in [1.807, 2.05) is 4.90 Å². The van der Waals surface area contributed by atoms with Crippen LogP contribution in [-0.2, 0) is 0 Å². The molecule has 0 bridgehead atoms. The van der Waals surface area contributed by atoms with E-state index in [2.05, 4.69) is 0 Å². The van der Waals surface area contributed by atoms with Gasteiger partial charge in [0, 0.05) is 18.7 Å². The summed E-state index contributed by atoms with van der Waals surface area (Å²) in [6.45, 7) is 1.82. The molecule has 2 atom stereocenters. The number of anilines is 1. The Morgan fingerprint density at radius 3 is 2.58 bits per heavy atom. The highest BCUT2D eigenvalue weighted by Gasteiger charge is 2.38. The maximum atomic E-state index is 12.5. The number of nitrogens with zero attached hydrogens (tertiary/aromatic N) is 1. The Morgan fingerprint density at radius 2 is 2.00 bits per heavy atom. The summed E-state index contributed by atoms with van der Waals surface area (Å²) < 4.78 is 5.12. The van der Waals surface area contributed by atoms with Gasteiger partial charge in [0.1, 0.15) is 5.75 Å². The van der Waals surface area contributed by atoms with Crippen molar-refractivity contribution in [2.45, 2.75) is 19.3 Å². The number of likely N-dealkylation sites (tertiary alicyclic amines) is 1. The molecule has 3 rings (SSSR count). The normalized spacial score (nSPS) is 25.4. The monoisotopic (exact) mass is 260 g/mol. The molecule has 0 aromatic heterocycles. The van der Waals surface area contributed by atoms with Crippen LogP contribution in [0.25, 0.3) is 0 Å². The van der Waals surface area contributed by atoms with Crippen LogP contribution >= 0.6 is 0 Å². The second-order valence-electron chi connectivity index (χ2n) is 5.62. The SMILES string of the molecule is COc1ccc(C(=O)N2CC3CCCC3C2)cc1N. The minimum atomic E-state index is 0.101. The lowest BCUT2D eigenvalue weighted by Gasteiger charge is -2.18. The Morgan fingerprint density at radius 1 is 1.32 bits per heavy atom. The van der Waals surface area contributed by atoms with Gasteiger partial charge in [-0.2, -0.15) is 0 Å². The smallest absolute Gasteiger partial charge is 0.253 e. The summed E-state index contributed by atoms with van der Waals surface area (Å²) >= 11 is 0. The molecule has 4 heteroatoms. The van der Waals surface area contributed by atoms with Crippen molar-refractivity contribution in [3.8, 4) is 5.75 Å². The Balaban J connectivity index is 1.75. The van der Waals surface area contributed by atoms with Gasteiger partial charge in [0.2, 0.25) is 0 Å². The van der Waals surface area contributed by atoms with Gasteiger partial charge in [0.25, 0.3) is 5.91 Å². The van der Waals surface area contributed by atoms with Crippen LogP contribution in [0, 0.1) is 11.8 Å². The quantitative estimate of drug-likeness (QED) is 0.829. The van der Waals surface area contributed by atoms with Crippen LogP contribution in [0.4, 0.5) is 5.69 Å². The lowest BCUT2D eigenvalue weighted by atomic mass is 10.0. The predicted octanol–water partition coefficient (Wildman–Crippen LogP) is 2.15. The minimum absolute atomic E-state index is 0.101. The van der Waals surface area contributed by atoms with Crippen LogP contribution < -0.4 is 10.5 Å². The van der Waals surface area contributed by atoms with Crippen LogP contribution in [0.3, 0.4) is 0 Å². The Kier molecular flexibility index (Phi) is 3.09. The molecule has 1 aliphatic carbocycles. The number of carbonyl (C=O) groups is 1. The summed E-state index contributed by atoms with van der Waals surface area (Å²) in [5, 5.41) is 0. The lowest BCUT2D eigenvalue weighted by molar-refractivity contribution is 0.0780. The molecular formula is C15H20N2O2. The summed E-state index contributed by atoms with van der Waals surface area (Å²) in [7, 11) is 1.58. The second-order valence-corrected chi connectivity index (χ2v) is 5.62. The molecule has 102 valence electrons. The molecule has 19 heavy (non-hydrogen) atoms.